The second-order valence-electron chi connectivity index (χ2n) is 21.2. The van der Waals surface area contributed by atoms with Crippen molar-refractivity contribution in [2.45, 2.75) is 118 Å². The zero-order valence-corrected chi connectivity index (χ0v) is 36.6. The first-order valence-corrected chi connectivity index (χ1v) is 23.5. The summed E-state index contributed by atoms with van der Waals surface area (Å²) in [4.78, 5) is 5.64. The molecule has 0 unspecified atom stereocenters. The topological polar surface area (TPSA) is 3.24 Å². The molecule has 4 fully saturated rings. The lowest BCUT2D eigenvalue weighted by molar-refractivity contribution is -0.0441. The normalized spacial score (nSPS) is 26.7. The van der Waals surface area contributed by atoms with Gasteiger partial charge in [-0.05, 0) is 171 Å². The van der Waals surface area contributed by atoms with E-state index < -0.39 is 0 Å². The molecule has 2 heteroatoms. The molecular weight excluding hydrogens is 731 g/mol. The quantitative estimate of drug-likeness (QED) is 0.175. The molecule has 6 aromatic rings. The summed E-state index contributed by atoms with van der Waals surface area (Å²) >= 11 is 2.04. The van der Waals surface area contributed by atoms with Crippen LogP contribution in [0.4, 0.5) is 17.1 Å². The molecule has 296 valence electrons. The molecule has 0 amide bonds. The SMILES string of the molecule is CC1(C)CCC(C)(C)c2c(N(c3cc4c(c(-c5ccccc5)c3)C3(c5ccccc5S4)C4CC5CC(C4)CC3C5)c3ccc4c(c3)C(C)(C)c3ccccc3-4)cccc21. The van der Waals surface area contributed by atoms with E-state index in [0.29, 0.717) is 11.8 Å². The van der Waals surface area contributed by atoms with Crippen molar-refractivity contribution in [2.24, 2.45) is 23.7 Å². The first-order chi connectivity index (χ1) is 28.4. The minimum atomic E-state index is -0.0958. The van der Waals surface area contributed by atoms with Crippen LogP contribution in [0.5, 0.6) is 0 Å². The maximum atomic E-state index is 2.69. The van der Waals surface area contributed by atoms with Gasteiger partial charge < -0.3 is 4.90 Å². The van der Waals surface area contributed by atoms with Gasteiger partial charge in [0.2, 0.25) is 0 Å². The van der Waals surface area contributed by atoms with Crippen LogP contribution in [0.3, 0.4) is 0 Å². The molecule has 0 atom stereocenters. The van der Waals surface area contributed by atoms with Gasteiger partial charge in [-0.3, -0.25) is 0 Å². The molecule has 4 saturated carbocycles. The van der Waals surface area contributed by atoms with Gasteiger partial charge in [-0.1, -0.05) is 144 Å². The van der Waals surface area contributed by atoms with Gasteiger partial charge in [0.25, 0.3) is 0 Å². The Hall–Kier alpha value is -4.53. The first-order valence-electron chi connectivity index (χ1n) is 22.6. The lowest BCUT2D eigenvalue weighted by Gasteiger charge is -2.63. The molecule has 6 aromatic carbocycles. The molecule has 0 aromatic heterocycles. The van der Waals surface area contributed by atoms with Crippen LogP contribution in [0.15, 0.2) is 137 Å². The smallest absolute Gasteiger partial charge is 0.0502 e. The van der Waals surface area contributed by atoms with E-state index in [1.807, 2.05) is 11.8 Å². The largest absolute Gasteiger partial charge is 0.310 e. The van der Waals surface area contributed by atoms with Gasteiger partial charge in [-0.25, -0.2) is 0 Å². The number of rotatable bonds is 4. The van der Waals surface area contributed by atoms with Crippen LogP contribution < -0.4 is 4.90 Å². The number of benzene rings is 6. The highest BCUT2D eigenvalue weighted by molar-refractivity contribution is 7.99. The van der Waals surface area contributed by atoms with Crippen LogP contribution in [0.25, 0.3) is 22.3 Å². The third-order valence-corrected chi connectivity index (χ3v) is 17.8. The molecule has 0 radical (unpaired) electrons. The Bertz CT molecular complexity index is 2670. The van der Waals surface area contributed by atoms with Gasteiger partial charge in [0, 0.05) is 32.0 Å². The Morgan fingerprint density at radius 2 is 1.12 bits per heavy atom. The lowest BCUT2D eigenvalue weighted by atomic mass is 9.41. The van der Waals surface area contributed by atoms with E-state index in [1.54, 1.807) is 11.1 Å². The van der Waals surface area contributed by atoms with E-state index in [4.69, 9.17) is 0 Å². The molecule has 1 aliphatic heterocycles. The van der Waals surface area contributed by atoms with Crippen LogP contribution in [0.2, 0.25) is 0 Å². The van der Waals surface area contributed by atoms with Crippen LogP contribution in [-0.4, -0.2) is 0 Å². The molecule has 1 heterocycles. The Balaban J connectivity index is 1.16. The number of fused-ring (bicyclic) bond motifs is 6. The highest BCUT2D eigenvalue weighted by Gasteiger charge is 2.61. The van der Waals surface area contributed by atoms with E-state index in [2.05, 4.69) is 174 Å². The van der Waals surface area contributed by atoms with E-state index in [0.717, 1.165) is 11.8 Å². The van der Waals surface area contributed by atoms with Crippen molar-refractivity contribution in [1.82, 2.24) is 0 Å². The van der Waals surface area contributed by atoms with Crippen molar-refractivity contribution in [3.8, 4) is 22.3 Å². The fourth-order valence-electron chi connectivity index (χ4n) is 14.2. The summed E-state index contributed by atoms with van der Waals surface area (Å²) in [5.74, 6) is 3.17. The second-order valence-corrected chi connectivity index (χ2v) is 22.3. The van der Waals surface area contributed by atoms with Crippen LogP contribution in [0.1, 0.15) is 120 Å². The van der Waals surface area contributed by atoms with E-state index in [-0.39, 0.29) is 21.7 Å². The minimum absolute atomic E-state index is 0.0283. The van der Waals surface area contributed by atoms with Crippen LogP contribution >= 0.6 is 11.8 Å². The van der Waals surface area contributed by atoms with Crippen molar-refractivity contribution in [3.05, 3.63) is 161 Å². The average Bonchev–Trinajstić information content (AvgIpc) is 3.46. The molecule has 6 aliphatic carbocycles. The van der Waals surface area contributed by atoms with E-state index >= 15 is 0 Å². The highest BCUT2D eigenvalue weighted by atomic mass is 32.2. The van der Waals surface area contributed by atoms with Crippen molar-refractivity contribution in [3.63, 3.8) is 0 Å². The third kappa shape index (κ3) is 5.05. The summed E-state index contributed by atoms with van der Waals surface area (Å²) in [5.41, 5.74) is 18.6. The highest BCUT2D eigenvalue weighted by Crippen LogP contribution is 2.70. The zero-order valence-electron chi connectivity index (χ0n) is 35.7. The van der Waals surface area contributed by atoms with Gasteiger partial charge in [0.05, 0.1) is 5.69 Å². The summed E-state index contributed by atoms with van der Waals surface area (Å²) in [6, 6.07) is 50.1. The average molecular weight is 788 g/mol. The molecule has 59 heavy (non-hydrogen) atoms. The molecule has 1 nitrogen and oxygen atoms in total. The Morgan fingerprint density at radius 3 is 1.88 bits per heavy atom. The summed E-state index contributed by atoms with van der Waals surface area (Å²) < 4.78 is 0. The number of nitrogens with zero attached hydrogens (tertiary/aromatic N) is 1. The molecule has 13 rings (SSSR count). The molecular formula is C57H57NS. The summed E-state index contributed by atoms with van der Waals surface area (Å²) in [6.45, 7) is 14.8. The maximum absolute atomic E-state index is 2.69. The molecule has 0 saturated heterocycles. The number of hydrogen-bond acceptors (Lipinski definition) is 2. The Kier molecular flexibility index (Phi) is 7.70. The van der Waals surface area contributed by atoms with Gasteiger partial charge in [-0.2, -0.15) is 0 Å². The summed E-state index contributed by atoms with van der Waals surface area (Å²) in [7, 11) is 0. The van der Waals surface area contributed by atoms with Gasteiger partial charge in [0.15, 0.2) is 0 Å². The van der Waals surface area contributed by atoms with Gasteiger partial charge in [-0.15, -0.1) is 0 Å². The van der Waals surface area contributed by atoms with Crippen molar-refractivity contribution < 1.29 is 0 Å². The fourth-order valence-corrected chi connectivity index (χ4v) is 15.4. The second kappa shape index (κ2) is 12.5. The van der Waals surface area contributed by atoms with Crippen molar-refractivity contribution >= 4 is 28.8 Å². The zero-order chi connectivity index (χ0) is 40.1. The third-order valence-electron chi connectivity index (χ3n) is 16.7. The minimum Gasteiger partial charge on any atom is -0.310 e. The standard InChI is InChI=1S/C57H57NS/c1-54(2)25-26-55(3,4)53-47(54)20-14-21-49(53)58(40-23-24-43-42-17-10-11-18-45(42)56(5,6)48(43)33-40)41-32-44(37-15-8-7-9-16-37)52-51(34-41)59-50-22-13-12-19-46(50)57(52)38-28-35-27-36(30-38)31-39(57)29-35/h7-24,32-36,38-39H,25-31H2,1-6H3. The van der Waals surface area contributed by atoms with E-state index in [9.17, 15) is 0 Å². The number of hydrogen-bond donors (Lipinski definition) is 0. The molecule has 7 aliphatic rings. The van der Waals surface area contributed by atoms with Gasteiger partial charge >= 0.3 is 0 Å². The molecule has 4 bridgehead atoms. The Morgan fingerprint density at radius 1 is 0.475 bits per heavy atom. The predicted octanol–water partition coefficient (Wildman–Crippen LogP) is 15.7. The van der Waals surface area contributed by atoms with Crippen LogP contribution in [0, 0.1) is 23.7 Å². The van der Waals surface area contributed by atoms with Crippen molar-refractivity contribution in [1.29, 1.82) is 0 Å². The summed E-state index contributed by atoms with van der Waals surface area (Å²) in [6.07, 6.45) is 9.33. The first kappa shape index (κ1) is 36.3. The fraction of sp³-hybridized carbons (Fsp3) is 0.368. The summed E-state index contributed by atoms with van der Waals surface area (Å²) in [5, 5.41) is 0. The molecule has 1 spiro atoms. The van der Waals surface area contributed by atoms with Crippen molar-refractivity contribution in [2.75, 3.05) is 4.90 Å². The maximum Gasteiger partial charge on any atom is 0.0502 e. The Labute approximate surface area is 356 Å². The molecule has 0 N–H and O–H groups in total. The monoisotopic (exact) mass is 787 g/mol. The lowest BCUT2D eigenvalue weighted by Crippen LogP contribution is -2.57. The predicted molar refractivity (Wildman–Crippen MR) is 248 cm³/mol. The van der Waals surface area contributed by atoms with Crippen LogP contribution in [-0.2, 0) is 21.7 Å². The van der Waals surface area contributed by atoms with Gasteiger partial charge in [0.1, 0.15) is 0 Å². The number of anilines is 3. The van der Waals surface area contributed by atoms with E-state index in [1.165, 1.54) is 116 Å².